The highest BCUT2D eigenvalue weighted by molar-refractivity contribution is 14.1. The normalized spacial score (nSPS) is 10.2. The van der Waals surface area contributed by atoms with Crippen LogP contribution in [0.25, 0.3) is 10.8 Å². The monoisotopic (exact) mass is 305 g/mol. The SMILES string of the molecule is O=c1[nH]c(-c2nccs2)ncc1I. The van der Waals surface area contributed by atoms with E-state index in [0.717, 1.165) is 5.01 Å². The van der Waals surface area contributed by atoms with Gasteiger partial charge in [-0.05, 0) is 22.6 Å². The van der Waals surface area contributed by atoms with Gasteiger partial charge in [-0.1, -0.05) is 0 Å². The summed E-state index contributed by atoms with van der Waals surface area (Å²) in [5.74, 6) is 0.528. The van der Waals surface area contributed by atoms with E-state index in [4.69, 9.17) is 0 Å². The van der Waals surface area contributed by atoms with Crippen molar-refractivity contribution in [2.75, 3.05) is 0 Å². The van der Waals surface area contributed by atoms with E-state index in [0.29, 0.717) is 9.39 Å². The van der Waals surface area contributed by atoms with E-state index in [9.17, 15) is 4.79 Å². The number of nitrogens with zero attached hydrogens (tertiary/aromatic N) is 2. The van der Waals surface area contributed by atoms with E-state index in [1.54, 1.807) is 6.20 Å². The Bertz CT molecular complexity index is 465. The van der Waals surface area contributed by atoms with Crippen molar-refractivity contribution in [1.29, 1.82) is 0 Å². The van der Waals surface area contributed by atoms with Crippen LogP contribution >= 0.6 is 33.9 Å². The summed E-state index contributed by atoms with van der Waals surface area (Å²) in [7, 11) is 0. The summed E-state index contributed by atoms with van der Waals surface area (Å²) in [6.07, 6.45) is 3.22. The zero-order valence-corrected chi connectivity index (χ0v) is 9.29. The lowest BCUT2D eigenvalue weighted by atomic mass is 10.5. The fraction of sp³-hybridized carbons (Fsp3) is 0. The second-order valence-electron chi connectivity index (χ2n) is 2.25. The molecule has 2 aromatic rings. The van der Waals surface area contributed by atoms with Crippen LogP contribution in [0.2, 0.25) is 0 Å². The van der Waals surface area contributed by atoms with Crippen LogP contribution in [-0.2, 0) is 0 Å². The molecule has 6 heteroatoms. The van der Waals surface area contributed by atoms with E-state index < -0.39 is 0 Å². The predicted molar refractivity (Wildman–Crippen MR) is 58.7 cm³/mol. The van der Waals surface area contributed by atoms with Crippen LogP contribution in [0.5, 0.6) is 0 Å². The summed E-state index contributed by atoms with van der Waals surface area (Å²) >= 11 is 3.38. The summed E-state index contributed by atoms with van der Waals surface area (Å²) in [6, 6.07) is 0. The topological polar surface area (TPSA) is 58.6 Å². The molecule has 0 radical (unpaired) electrons. The number of nitrogens with one attached hydrogen (secondary N) is 1. The Kier molecular flexibility index (Phi) is 2.40. The number of aromatic amines is 1. The average Bonchev–Trinajstić information content (AvgIpc) is 2.62. The molecule has 0 bridgehead atoms. The molecule has 13 heavy (non-hydrogen) atoms. The Morgan fingerprint density at radius 3 is 2.92 bits per heavy atom. The highest BCUT2D eigenvalue weighted by atomic mass is 127. The molecule has 0 unspecified atom stereocenters. The fourth-order valence-electron chi connectivity index (χ4n) is 0.828. The van der Waals surface area contributed by atoms with Crippen LogP contribution in [0.15, 0.2) is 22.6 Å². The number of hydrogen-bond donors (Lipinski definition) is 1. The molecule has 2 aromatic heterocycles. The first kappa shape index (κ1) is 8.82. The van der Waals surface area contributed by atoms with Gasteiger partial charge in [0.1, 0.15) is 0 Å². The highest BCUT2D eigenvalue weighted by Gasteiger charge is 2.03. The zero-order chi connectivity index (χ0) is 9.26. The molecule has 66 valence electrons. The first-order chi connectivity index (χ1) is 6.27. The number of aromatic nitrogens is 3. The Balaban J connectivity index is 2.55. The molecule has 0 aromatic carbocycles. The van der Waals surface area contributed by atoms with E-state index in [1.807, 2.05) is 28.0 Å². The Labute approximate surface area is 91.2 Å². The first-order valence-electron chi connectivity index (χ1n) is 3.42. The third-order valence-corrected chi connectivity index (χ3v) is 2.94. The molecule has 0 spiro atoms. The lowest BCUT2D eigenvalue weighted by molar-refractivity contribution is 1.10. The maximum atomic E-state index is 11.2. The van der Waals surface area contributed by atoms with Crippen molar-refractivity contribution in [2.24, 2.45) is 0 Å². The molecule has 4 nitrogen and oxygen atoms in total. The summed E-state index contributed by atoms with van der Waals surface area (Å²) < 4.78 is 0.581. The zero-order valence-electron chi connectivity index (χ0n) is 6.32. The Morgan fingerprint density at radius 2 is 2.31 bits per heavy atom. The maximum absolute atomic E-state index is 11.2. The van der Waals surface area contributed by atoms with Crippen LogP contribution in [-0.4, -0.2) is 15.0 Å². The van der Waals surface area contributed by atoms with E-state index in [1.165, 1.54) is 17.5 Å². The van der Waals surface area contributed by atoms with Gasteiger partial charge >= 0.3 is 0 Å². The van der Waals surface area contributed by atoms with Crippen molar-refractivity contribution in [1.82, 2.24) is 15.0 Å². The molecule has 0 aliphatic heterocycles. The lowest BCUT2D eigenvalue weighted by Gasteiger charge is -1.94. The minimum absolute atomic E-state index is 0.124. The molecule has 0 aliphatic rings. The minimum Gasteiger partial charge on any atom is -0.304 e. The van der Waals surface area contributed by atoms with Crippen molar-refractivity contribution >= 4 is 33.9 Å². The van der Waals surface area contributed by atoms with Gasteiger partial charge in [-0.15, -0.1) is 11.3 Å². The Morgan fingerprint density at radius 1 is 1.46 bits per heavy atom. The lowest BCUT2D eigenvalue weighted by Crippen LogP contribution is -2.11. The van der Waals surface area contributed by atoms with Gasteiger partial charge in [0, 0.05) is 17.8 Å². The molecular formula is C7H4IN3OS. The van der Waals surface area contributed by atoms with Crippen molar-refractivity contribution in [3.63, 3.8) is 0 Å². The summed E-state index contributed by atoms with van der Waals surface area (Å²) in [5, 5.41) is 2.57. The Hall–Kier alpha value is -0.760. The molecule has 1 N–H and O–H groups in total. The van der Waals surface area contributed by atoms with Crippen LogP contribution in [0.3, 0.4) is 0 Å². The average molecular weight is 305 g/mol. The van der Waals surface area contributed by atoms with Crippen LogP contribution in [0, 0.1) is 3.57 Å². The van der Waals surface area contributed by atoms with Crippen LogP contribution < -0.4 is 5.56 Å². The second kappa shape index (κ2) is 3.54. The van der Waals surface area contributed by atoms with Gasteiger partial charge in [0.15, 0.2) is 10.8 Å². The van der Waals surface area contributed by atoms with Crippen molar-refractivity contribution in [2.45, 2.75) is 0 Å². The van der Waals surface area contributed by atoms with Gasteiger partial charge in [0.2, 0.25) is 0 Å². The van der Waals surface area contributed by atoms with Crippen LogP contribution in [0.1, 0.15) is 0 Å². The van der Waals surface area contributed by atoms with E-state index >= 15 is 0 Å². The van der Waals surface area contributed by atoms with Crippen molar-refractivity contribution in [3.8, 4) is 10.8 Å². The maximum Gasteiger partial charge on any atom is 0.264 e. The smallest absolute Gasteiger partial charge is 0.264 e. The first-order valence-corrected chi connectivity index (χ1v) is 5.38. The number of halogens is 1. The molecule has 0 atom stereocenters. The largest absolute Gasteiger partial charge is 0.304 e. The number of rotatable bonds is 1. The third kappa shape index (κ3) is 1.78. The second-order valence-corrected chi connectivity index (χ2v) is 4.30. The van der Waals surface area contributed by atoms with Gasteiger partial charge in [-0.2, -0.15) is 0 Å². The number of thiazole rings is 1. The summed E-state index contributed by atoms with van der Waals surface area (Å²) in [4.78, 5) is 22.0. The van der Waals surface area contributed by atoms with Gasteiger partial charge in [-0.3, -0.25) is 4.79 Å². The molecule has 0 aliphatic carbocycles. The van der Waals surface area contributed by atoms with E-state index in [-0.39, 0.29) is 5.56 Å². The van der Waals surface area contributed by atoms with Crippen molar-refractivity contribution < 1.29 is 0 Å². The molecule has 0 fully saturated rings. The summed E-state index contributed by atoms with van der Waals surface area (Å²) in [5.41, 5.74) is -0.124. The molecule has 0 saturated heterocycles. The van der Waals surface area contributed by atoms with E-state index in [2.05, 4.69) is 15.0 Å². The molecule has 2 heterocycles. The highest BCUT2D eigenvalue weighted by Crippen LogP contribution is 2.15. The number of hydrogen-bond acceptors (Lipinski definition) is 4. The van der Waals surface area contributed by atoms with Gasteiger partial charge < -0.3 is 4.98 Å². The molecule has 0 amide bonds. The van der Waals surface area contributed by atoms with Gasteiger partial charge in [-0.25, -0.2) is 9.97 Å². The van der Waals surface area contributed by atoms with Gasteiger partial charge in [0.25, 0.3) is 5.56 Å². The van der Waals surface area contributed by atoms with Crippen LogP contribution in [0.4, 0.5) is 0 Å². The number of H-pyrrole nitrogens is 1. The fourth-order valence-corrected chi connectivity index (χ4v) is 1.69. The minimum atomic E-state index is -0.124. The standard InChI is InChI=1S/C7H4IN3OS/c8-4-3-10-5(11-6(4)12)7-9-1-2-13-7/h1-3H,(H,10,11,12). The predicted octanol–water partition coefficient (Wildman–Crippen LogP) is 1.50. The molecule has 0 saturated carbocycles. The summed E-state index contributed by atoms with van der Waals surface area (Å²) in [6.45, 7) is 0. The van der Waals surface area contributed by atoms with Gasteiger partial charge in [0.05, 0.1) is 3.57 Å². The van der Waals surface area contributed by atoms with Crippen molar-refractivity contribution in [3.05, 3.63) is 31.7 Å². The quantitative estimate of drug-likeness (QED) is 0.812. The third-order valence-electron chi connectivity index (χ3n) is 1.39. The molecular weight excluding hydrogens is 301 g/mol. The molecule has 2 rings (SSSR count).